The van der Waals surface area contributed by atoms with Crippen LogP contribution in [-0.2, 0) is 0 Å². The van der Waals surface area contributed by atoms with Crippen molar-refractivity contribution < 1.29 is 9.47 Å². The first-order valence-corrected chi connectivity index (χ1v) is 7.67. The van der Waals surface area contributed by atoms with E-state index in [2.05, 4.69) is 53.9 Å². The van der Waals surface area contributed by atoms with Gasteiger partial charge < -0.3 is 14.8 Å². The van der Waals surface area contributed by atoms with Crippen molar-refractivity contribution in [3.8, 4) is 11.8 Å². The summed E-state index contributed by atoms with van der Waals surface area (Å²) in [4.78, 5) is 4.37. The second-order valence-corrected chi connectivity index (χ2v) is 7.54. The van der Waals surface area contributed by atoms with Gasteiger partial charge in [-0.2, -0.15) is 4.98 Å². The maximum absolute atomic E-state index is 6.12. The number of nitrogens with one attached hydrogen (secondary N) is 1. The average molecular weight is 380 g/mol. The zero-order valence-corrected chi connectivity index (χ0v) is 15.6. The van der Waals surface area contributed by atoms with Crippen molar-refractivity contribution in [2.45, 2.75) is 57.7 Å². The van der Waals surface area contributed by atoms with Crippen LogP contribution < -0.4 is 14.8 Å². The smallest absolute Gasteiger partial charge is 0.231 e. The van der Waals surface area contributed by atoms with E-state index in [1.165, 1.54) is 0 Å². The Morgan fingerprint density at radius 3 is 2.29 bits per heavy atom. The SMILES string of the molecule is COc1ccc(Br)c(OC2CC(C)(C)NC(C)(C)C2)n1.Cl. The van der Waals surface area contributed by atoms with E-state index in [0.717, 1.165) is 17.3 Å². The molecule has 2 heterocycles. The molecule has 120 valence electrons. The van der Waals surface area contributed by atoms with Gasteiger partial charge in [-0.15, -0.1) is 12.4 Å². The van der Waals surface area contributed by atoms with Crippen molar-refractivity contribution in [3.05, 3.63) is 16.6 Å². The van der Waals surface area contributed by atoms with Gasteiger partial charge in [-0.3, -0.25) is 0 Å². The van der Waals surface area contributed by atoms with E-state index >= 15 is 0 Å². The van der Waals surface area contributed by atoms with Crippen molar-refractivity contribution in [2.75, 3.05) is 7.11 Å². The molecule has 0 amide bonds. The zero-order valence-electron chi connectivity index (χ0n) is 13.2. The van der Waals surface area contributed by atoms with Gasteiger partial charge in [-0.05, 0) is 49.7 Å². The minimum atomic E-state index is 0. The van der Waals surface area contributed by atoms with Gasteiger partial charge in [-0.25, -0.2) is 0 Å². The van der Waals surface area contributed by atoms with E-state index < -0.39 is 0 Å². The van der Waals surface area contributed by atoms with Crippen LogP contribution in [0.5, 0.6) is 11.8 Å². The second kappa shape index (κ2) is 6.71. The van der Waals surface area contributed by atoms with Crippen molar-refractivity contribution in [1.82, 2.24) is 10.3 Å². The highest BCUT2D eigenvalue weighted by molar-refractivity contribution is 9.10. The van der Waals surface area contributed by atoms with E-state index in [4.69, 9.17) is 9.47 Å². The molecule has 1 aliphatic rings. The molecule has 0 spiro atoms. The molecular formula is C15H24BrClN2O2. The van der Waals surface area contributed by atoms with Gasteiger partial charge in [0.1, 0.15) is 6.10 Å². The first-order chi connectivity index (χ1) is 9.21. The Labute approximate surface area is 141 Å². The summed E-state index contributed by atoms with van der Waals surface area (Å²) >= 11 is 3.48. The Hall–Kier alpha value is -0.520. The van der Waals surface area contributed by atoms with Gasteiger partial charge in [0.15, 0.2) is 0 Å². The molecule has 0 radical (unpaired) electrons. The number of rotatable bonds is 3. The fraction of sp³-hybridized carbons (Fsp3) is 0.667. The van der Waals surface area contributed by atoms with Crippen LogP contribution in [0.15, 0.2) is 16.6 Å². The quantitative estimate of drug-likeness (QED) is 0.863. The predicted molar refractivity (Wildman–Crippen MR) is 90.7 cm³/mol. The molecule has 1 aromatic heterocycles. The van der Waals surface area contributed by atoms with E-state index in [1.54, 1.807) is 7.11 Å². The van der Waals surface area contributed by atoms with Crippen LogP contribution in [-0.4, -0.2) is 29.3 Å². The summed E-state index contributed by atoms with van der Waals surface area (Å²) in [5.74, 6) is 1.17. The molecule has 0 bridgehead atoms. The van der Waals surface area contributed by atoms with Crippen LogP contribution in [0.2, 0.25) is 0 Å². The fourth-order valence-corrected chi connectivity index (χ4v) is 3.39. The molecule has 0 atom stereocenters. The Balaban J connectivity index is 0.00000220. The number of piperidine rings is 1. The molecule has 0 aliphatic carbocycles. The number of methoxy groups -OCH3 is 1. The van der Waals surface area contributed by atoms with Crippen molar-refractivity contribution in [1.29, 1.82) is 0 Å². The van der Waals surface area contributed by atoms with Crippen LogP contribution in [0.1, 0.15) is 40.5 Å². The summed E-state index contributed by atoms with van der Waals surface area (Å²) in [5.41, 5.74) is 0.107. The second-order valence-electron chi connectivity index (χ2n) is 6.68. The fourth-order valence-electron chi connectivity index (χ4n) is 3.07. The third-order valence-corrected chi connectivity index (χ3v) is 4.03. The number of hydrogen-bond donors (Lipinski definition) is 1. The highest BCUT2D eigenvalue weighted by atomic mass is 79.9. The van der Waals surface area contributed by atoms with E-state index in [-0.39, 0.29) is 29.6 Å². The Kier molecular flexibility index (Phi) is 5.92. The monoisotopic (exact) mass is 378 g/mol. The molecule has 0 unspecified atom stereocenters. The van der Waals surface area contributed by atoms with Crippen molar-refractivity contribution >= 4 is 28.3 Å². The lowest BCUT2D eigenvalue weighted by Crippen LogP contribution is -2.60. The Bertz CT molecular complexity index is 479. The first-order valence-electron chi connectivity index (χ1n) is 6.87. The van der Waals surface area contributed by atoms with Crippen LogP contribution in [0.3, 0.4) is 0 Å². The average Bonchev–Trinajstić information content (AvgIpc) is 2.28. The standard InChI is InChI=1S/C15H23BrN2O2.ClH/c1-14(2)8-10(9-15(3,4)18-14)20-13-11(16)6-7-12(17-13)19-5;/h6-7,10,18H,8-9H2,1-5H3;1H. The molecule has 4 nitrogen and oxygen atoms in total. The lowest BCUT2D eigenvalue weighted by molar-refractivity contribution is 0.0521. The lowest BCUT2D eigenvalue weighted by Gasteiger charge is -2.46. The Morgan fingerprint density at radius 2 is 1.76 bits per heavy atom. The predicted octanol–water partition coefficient (Wildman–Crippen LogP) is 3.96. The molecule has 1 N–H and O–H groups in total. The number of aromatic nitrogens is 1. The molecule has 1 aromatic rings. The summed E-state index contributed by atoms with van der Waals surface area (Å²) in [6.07, 6.45) is 2.03. The highest BCUT2D eigenvalue weighted by Gasteiger charge is 2.39. The van der Waals surface area contributed by atoms with Gasteiger partial charge in [0.05, 0.1) is 11.6 Å². The summed E-state index contributed by atoms with van der Waals surface area (Å²) in [6, 6.07) is 3.71. The van der Waals surface area contributed by atoms with Crippen LogP contribution in [0.25, 0.3) is 0 Å². The van der Waals surface area contributed by atoms with Crippen LogP contribution in [0, 0.1) is 0 Å². The normalized spacial score (nSPS) is 20.5. The lowest BCUT2D eigenvalue weighted by atomic mass is 9.81. The minimum Gasteiger partial charge on any atom is -0.481 e. The topological polar surface area (TPSA) is 43.4 Å². The molecule has 6 heteroatoms. The van der Waals surface area contributed by atoms with Crippen LogP contribution in [0.4, 0.5) is 0 Å². The molecule has 0 aromatic carbocycles. The highest BCUT2D eigenvalue weighted by Crippen LogP contribution is 2.33. The van der Waals surface area contributed by atoms with E-state index in [0.29, 0.717) is 11.8 Å². The summed E-state index contributed by atoms with van der Waals surface area (Å²) in [6.45, 7) is 8.83. The molecule has 1 aliphatic heterocycles. The molecule has 1 saturated heterocycles. The largest absolute Gasteiger partial charge is 0.481 e. The summed E-state index contributed by atoms with van der Waals surface area (Å²) in [7, 11) is 1.61. The van der Waals surface area contributed by atoms with Gasteiger partial charge >= 0.3 is 0 Å². The number of halogens is 2. The van der Waals surface area contributed by atoms with Crippen LogP contribution >= 0.6 is 28.3 Å². The number of hydrogen-bond acceptors (Lipinski definition) is 4. The van der Waals surface area contributed by atoms with Gasteiger partial charge in [-0.1, -0.05) is 0 Å². The van der Waals surface area contributed by atoms with Gasteiger partial charge in [0.2, 0.25) is 11.8 Å². The Morgan fingerprint density at radius 1 is 1.19 bits per heavy atom. The minimum absolute atomic E-state index is 0. The summed E-state index contributed by atoms with van der Waals surface area (Å²) < 4.78 is 12.1. The zero-order chi connectivity index (χ0) is 15.0. The molecule has 0 saturated carbocycles. The van der Waals surface area contributed by atoms with Crippen molar-refractivity contribution in [2.24, 2.45) is 0 Å². The van der Waals surface area contributed by atoms with Gasteiger partial charge in [0, 0.05) is 30.0 Å². The molecule has 21 heavy (non-hydrogen) atoms. The third-order valence-electron chi connectivity index (χ3n) is 3.43. The molecular weight excluding hydrogens is 356 g/mol. The van der Waals surface area contributed by atoms with Crippen molar-refractivity contribution in [3.63, 3.8) is 0 Å². The number of ether oxygens (including phenoxy) is 2. The maximum atomic E-state index is 6.12. The maximum Gasteiger partial charge on any atom is 0.231 e. The third kappa shape index (κ3) is 5.01. The van der Waals surface area contributed by atoms with E-state index in [9.17, 15) is 0 Å². The van der Waals surface area contributed by atoms with E-state index in [1.807, 2.05) is 12.1 Å². The first kappa shape index (κ1) is 18.5. The summed E-state index contributed by atoms with van der Waals surface area (Å²) in [5, 5.41) is 3.65. The van der Waals surface area contributed by atoms with Gasteiger partial charge in [0.25, 0.3) is 0 Å². The number of nitrogens with zero attached hydrogens (tertiary/aromatic N) is 1. The molecule has 2 rings (SSSR count). The molecule has 1 fully saturated rings. The number of pyridine rings is 1.